The van der Waals surface area contributed by atoms with Gasteiger partial charge >= 0.3 is 0 Å². The monoisotopic (exact) mass is 229 g/mol. The highest BCUT2D eigenvalue weighted by atomic mass is 32.2. The van der Waals surface area contributed by atoms with Crippen LogP contribution in [0.5, 0.6) is 0 Å². The van der Waals surface area contributed by atoms with E-state index in [0.29, 0.717) is 6.04 Å². The van der Waals surface area contributed by atoms with Crippen LogP contribution in [0.1, 0.15) is 26.2 Å². The van der Waals surface area contributed by atoms with Crippen molar-refractivity contribution in [1.29, 1.82) is 0 Å². The molecule has 0 saturated carbocycles. The molecule has 3 heteroatoms. The van der Waals surface area contributed by atoms with E-state index in [9.17, 15) is 0 Å². The highest BCUT2D eigenvalue weighted by Gasteiger charge is 1.98. The first-order chi connectivity index (χ1) is 6.83. The van der Waals surface area contributed by atoms with Crippen LogP contribution < -0.4 is 5.32 Å². The molecule has 0 aliphatic heterocycles. The molecule has 0 spiro atoms. The molecule has 0 aliphatic carbocycles. The fourth-order valence-corrected chi connectivity index (χ4v) is 3.08. The molecule has 1 rings (SSSR count). The summed E-state index contributed by atoms with van der Waals surface area (Å²) in [4.78, 5) is 0. The lowest BCUT2D eigenvalue weighted by atomic mass is 10.1. The first kappa shape index (κ1) is 12.1. The molecule has 1 unspecified atom stereocenters. The van der Waals surface area contributed by atoms with E-state index in [1.54, 1.807) is 0 Å². The molecule has 1 atom stereocenters. The molecule has 0 bridgehead atoms. The Bertz CT molecular complexity index is 221. The summed E-state index contributed by atoms with van der Waals surface area (Å²) in [7, 11) is 2.03. The van der Waals surface area contributed by atoms with E-state index in [1.165, 1.54) is 29.2 Å². The van der Waals surface area contributed by atoms with E-state index in [0.717, 1.165) is 0 Å². The van der Waals surface area contributed by atoms with Gasteiger partial charge in [0.25, 0.3) is 0 Å². The average molecular weight is 229 g/mol. The van der Waals surface area contributed by atoms with Crippen LogP contribution in [-0.4, -0.2) is 18.8 Å². The van der Waals surface area contributed by atoms with Gasteiger partial charge in [0.2, 0.25) is 0 Å². The molecular formula is C11H19NS2. The van der Waals surface area contributed by atoms with E-state index in [-0.39, 0.29) is 0 Å². The second-order valence-electron chi connectivity index (χ2n) is 3.47. The average Bonchev–Trinajstić information content (AvgIpc) is 2.69. The highest BCUT2D eigenvalue weighted by molar-refractivity contribution is 8.01. The van der Waals surface area contributed by atoms with Crippen LogP contribution in [0.3, 0.4) is 0 Å². The van der Waals surface area contributed by atoms with Crippen molar-refractivity contribution in [3.05, 3.63) is 17.5 Å². The zero-order valence-electron chi connectivity index (χ0n) is 8.95. The standard InChI is InChI=1S/C11H19NS2/c1-10(12-2)6-3-4-8-13-11-7-5-9-14-11/h5,7,9-10,12H,3-4,6,8H2,1-2H3. The smallest absolute Gasteiger partial charge is 0.0598 e. The molecule has 0 saturated heterocycles. The second kappa shape index (κ2) is 7.32. The van der Waals surface area contributed by atoms with E-state index in [1.807, 2.05) is 30.1 Å². The summed E-state index contributed by atoms with van der Waals surface area (Å²) < 4.78 is 1.45. The van der Waals surface area contributed by atoms with Gasteiger partial charge < -0.3 is 5.32 Å². The zero-order chi connectivity index (χ0) is 10.2. The summed E-state index contributed by atoms with van der Waals surface area (Å²) in [6, 6.07) is 4.99. The van der Waals surface area contributed by atoms with Crippen LogP contribution >= 0.6 is 23.1 Å². The van der Waals surface area contributed by atoms with Gasteiger partial charge in [-0.15, -0.1) is 23.1 Å². The maximum atomic E-state index is 3.26. The van der Waals surface area contributed by atoms with Crippen molar-refractivity contribution in [3.63, 3.8) is 0 Å². The maximum Gasteiger partial charge on any atom is 0.0598 e. The van der Waals surface area contributed by atoms with Gasteiger partial charge in [0.05, 0.1) is 4.21 Å². The van der Waals surface area contributed by atoms with E-state index in [2.05, 4.69) is 29.8 Å². The SMILES string of the molecule is CNC(C)CCCCSc1cccs1. The molecule has 0 aromatic carbocycles. The van der Waals surface area contributed by atoms with Gasteiger partial charge in [0.1, 0.15) is 0 Å². The summed E-state index contributed by atoms with van der Waals surface area (Å²) in [5.41, 5.74) is 0. The topological polar surface area (TPSA) is 12.0 Å². The molecule has 1 aromatic heterocycles. The highest BCUT2D eigenvalue weighted by Crippen LogP contribution is 2.24. The fourth-order valence-electron chi connectivity index (χ4n) is 1.22. The minimum absolute atomic E-state index is 0.668. The second-order valence-corrected chi connectivity index (χ2v) is 5.81. The normalized spacial score (nSPS) is 13.0. The Kier molecular flexibility index (Phi) is 6.32. The van der Waals surface area contributed by atoms with Gasteiger partial charge in [-0.05, 0) is 44.0 Å². The Morgan fingerprint density at radius 2 is 2.36 bits per heavy atom. The largest absolute Gasteiger partial charge is 0.317 e. The third-order valence-corrected chi connectivity index (χ3v) is 4.48. The van der Waals surface area contributed by atoms with Crippen molar-refractivity contribution in [1.82, 2.24) is 5.32 Å². The summed E-state index contributed by atoms with van der Waals surface area (Å²) >= 11 is 3.83. The number of thioether (sulfide) groups is 1. The van der Waals surface area contributed by atoms with Crippen LogP contribution in [0.25, 0.3) is 0 Å². The Morgan fingerprint density at radius 1 is 1.50 bits per heavy atom. The van der Waals surface area contributed by atoms with Crippen molar-refractivity contribution in [2.45, 2.75) is 36.4 Å². The van der Waals surface area contributed by atoms with Crippen LogP contribution in [0.2, 0.25) is 0 Å². The molecule has 0 amide bonds. The van der Waals surface area contributed by atoms with E-state index in [4.69, 9.17) is 0 Å². The number of hydrogen-bond donors (Lipinski definition) is 1. The minimum Gasteiger partial charge on any atom is -0.317 e. The first-order valence-corrected chi connectivity index (χ1v) is 7.03. The Balaban J connectivity index is 1.95. The molecular weight excluding hydrogens is 210 g/mol. The van der Waals surface area contributed by atoms with Gasteiger partial charge in [-0.1, -0.05) is 12.5 Å². The van der Waals surface area contributed by atoms with E-state index < -0.39 is 0 Å². The summed E-state index contributed by atoms with van der Waals surface area (Å²) in [5.74, 6) is 1.26. The van der Waals surface area contributed by atoms with Crippen molar-refractivity contribution in [2.24, 2.45) is 0 Å². The van der Waals surface area contributed by atoms with E-state index >= 15 is 0 Å². The number of thiophene rings is 1. The molecule has 1 heterocycles. The number of hydrogen-bond acceptors (Lipinski definition) is 3. The summed E-state index contributed by atoms with van der Waals surface area (Å²) in [5, 5.41) is 5.41. The molecule has 80 valence electrons. The molecule has 1 nitrogen and oxygen atoms in total. The van der Waals surface area contributed by atoms with Crippen molar-refractivity contribution in [3.8, 4) is 0 Å². The Morgan fingerprint density at radius 3 is 3.00 bits per heavy atom. The van der Waals surface area contributed by atoms with Crippen molar-refractivity contribution >= 4 is 23.1 Å². The van der Waals surface area contributed by atoms with Crippen LogP contribution in [0.15, 0.2) is 21.7 Å². The molecule has 0 aliphatic rings. The minimum atomic E-state index is 0.668. The quantitative estimate of drug-likeness (QED) is 0.566. The molecule has 0 radical (unpaired) electrons. The molecule has 0 fully saturated rings. The predicted octanol–water partition coefficient (Wildman–Crippen LogP) is 3.62. The number of unbranched alkanes of at least 4 members (excludes halogenated alkanes) is 1. The molecule has 14 heavy (non-hydrogen) atoms. The lowest BCUT2D eigenvalue weighted by molar-refractivity contribution is 0.539. The number of nitrogens with one attached hydrogen (secondary N) is 1. The fraction of sp³-hybridized carbons (Fsp3) is 0.636. The lowest BCUT2D eigenvalue weighted by Gasteiger charge is -2.08. The van der Waals surface area contributed by atoms with Crippen LogP contribution in [0, 0.1) is 0 Å². The molecule has 1 aromatic rings. The van der Waals surface area contributed by atoms with Crippen LogP contribution in [-0.2, 0) is 0 Å². The van der Waals surface area contributed by atoms with Crippen molar-refractivity contribution in [2.75, 3.05) is 12.8 Å². The van der Waals surface area contributed by atoms with Crippen LogP contribution in [0.4, 0.5) is 0 Å². The summed E-state index contributed by atoms with van der Waals surface area (Å²) in [6.45, 7) is 2.24. The predicted molar refractivity (Wildman–Crippen MR) is 67.4 cm³/mol. The first-order valence-electron chi connectivity index (χ1n) is 5.16. The number of rotatable bonds is 7. The van der Waals surface area contributed by atoms with Crippen molar-refractivity contribution < 1.29 is 0 Å². The Labute approximate surface area is 95.3 Å². The Hall–Kier alpha value is 0.01000. The zero-order valence-corrected chi connectivity index (χ0v) is 10.6. The van der Waals surface area contributed by atoms with Gasteiger partial charge in [0.15, 0.2) is 0 Å². The van der Waals surface area contributed by atoms with Gasteiger partial charge in [-0.3, -0.25) is 0 Å². The van der Waals surface area contributed by atoms with Gasteiger partial charge in [0, 0.05) is 6.04 Å². The van der Waals surface area contributed by atoms with Gasteiger partial charge in [-0.2, -0.15) is 0 Å². The van der Waals surface area contributed by atoms with Gasteiger partial charge in [-0.25, -0.2) is 0 Å². The third kappa shape index (κ3) is 5.03. The summed E-state index contributed by atoms with van der Waals surface area (Å²) in [6.07, 6.45) is 3.95. The third-order valence-electron chi connectivity index (χ3n) is 2.26. The lowest BCUT2D eigenvalue weighted by Crippen LogP contribution is -2.20. The molecule has 1 N–H and O–H groups in total. The maximum absolute atomic E-state index is 3.26.